The van der Waals surface area contributed by atoms with Gasteiger partial charge in [-0.05, 0) is 68.7 Å². The number of halogens is 1. The molecule has 266 valence electrons. The predicted molar refractivity (Wildman–Crippen MR) is 200 cm³/mol. The number of carbonyl (C=O) groups excluding carboxylic acids is 3. The Bertz CT molecular complexity index is 1520. The number of fused-ring (bicyclic) bond motifs is 1. The Kier molecular flexibility index (Phi) is 11.1. The van der Waals surface area contributed by atoms with E-state index < -0.39 is 5.25 Å². The molecule has 1 unspecified atom stereocenters. The van der Waals surface area contributed by atoms with Crippen molar-refractivity contribution >= 4 is 52.6 Å². The molecule has 0 aliphatic carbocycles. The minimum atomic E-state index is -0.466. The maximum absolute atomic E-state index is 14.2. The number of benzene rings is 2. The summed E-state index contributed by atoms with van der Waals surface area (Å²) in [6, 6.07) is 14.6. The second-order valence-corrected chi connectivity index (χ2v) is 17.2. The van der Waals surface area contributed by atoms with E-state index in [9.17, 15) is 14.4 Å². The van der Waals surface area contributed by atoms with Crippen LogP contribution in [-0.2, 0) is 16.0 Å². The molecule has 0 saturated carbocycles. The van der Waals surface area contributed by atoms with Gasteiger partial charge in [0.1, 0.15) is 5.37 Å². The van der Waals surface area contributed by atoms with Gasteiger partial charge in [-0.3, -0.25) is 14.5 Å². The molecule has 4 amide bonds. The van der Waals surface area contributed by atoms with Crippen LogP contribution in [0.25, 0.3) is 0 Å². The van der Waals surface area contributed by atoms with Gasteiger partial charge in [0, 0.05) is 92.8 Å². The molecule has 4 heterocycles. The molecule has 3 saturated heterocycles. The van der Waals surface area contributed by atoms with E-state index in [4.69, 9.17) is 11.6 Å². The van der Waals surface area contributed by atoms with Crippen molar-refractivity contribution in [2.24, 2.45) is 5.41 Å². The van der Waals surface area contributed by atoms with E-state index in [1.165, 1.54) is 0 Å². The maximum atomic E-state index is 14.2. The molecule has 11 heteroatoms. The normalized spacial score (nSPS) is 22.8. The number of amides is 4. The van der Waals surface area contributed by atoms with Gasteiger partial charge in [0.05, 0.1) is 5.25 Å². The predicted octanol–water partition coefficient (Wildman–Crippen LogP) is 6.72. The van der Waals surface area contributed by atoms with E-state index in [1.807, 2.05) is 45.0 Å². The summed E-state index contributed by atoms with van der Waals surface area (Å²) in [5, 5.41) is 3.03. The van der Waals surface area contributed by atoms with E-state index in [-0.39, 0.29) is 41.1 Å². The highest BCUT2D eigenvalue weighted by Crippen LogP contribution is 2.50. The summed E-state index contributed by atoms with van der Waals surface area (Å²) < 4.78 is 0. The molecule has 3 fully saturated rings. The summed E-state index contributed by atoms with van der Waals surface area (Å²) in [6.07, 6.45) is 3.29. The topological polar surface area (TPSA) is 79.4 Å². The van der Waals surface area contributed by atoms with Crippen LogP contribution in [0.4, 0.5) is 16.2 Å². The molecule has 2 aromatic rings. The fourth-order valence-electron chi connectivity index (χ4n) is 7.61. The molecular formula is C38H53ClN6O3S. The van der Waals surface area contributed by atoms with Gasteiger partial charge in [-0.2, -0.15) is 0 Å². The van der Waals surface area contributed by atoms with Crippen molar-refractivity contribution < 1.29 is 14.4 Å². The summed E-state index contributed by atoms with van der Waals surface area (Å²) in [7, 11) is 0. The number of nitrogens with zero attached hydrogens (tertiary/aromatic N) is 5. The molecule has 0 radical (unpaired) electrons. The Hall–Kier alpha value is -2.95. The molecule has 4 aliphatic rings. The minimum absolute atomic E-state index is 0.0117. The van der Waals surface area contributed by atoms with Gasteiger partial charge in [0.25, 0.3) is 0 Å². The van der Waals surface area contributed by atoms with Crippen LogP contribution < -0.4 is 10.2 Å². The zero-order valence-electron chi connectivity index (χ0n) is 29.8. The van der Waals surface area contributed by atoms with Crippen molar-refractivity contribution in [1.82, 2.24) is 19.6 Å². The molecule has 6 rings (SSSR count). The summed E-state index contributed by atoms with van der Waals surface area (Å²) in [5.41, 5.74) is 4.17. The third kappa shape index (κ3) is 8.18. The third-order valence-electron chi connectivity index (χ3n) is 10.7. The lowest BCUT2D eigenvalue weighted by atomic mass is 9.92. The molecule has 49 heavy (non-hydrogen) atoms. The van der Waals surface area contributed by atoms with Crippen LogP contribution in [0.3, 0.4) is 0 Å². The number of likely N-dealkylation sites (tertiary alicyclic amines) is 1. The van der Waals surface area contributed by atoms with Gasteiger partial charge < -0.3 is 24.9 Å². The highest BCUT2D eigenvalue weighted by Gasteiger charge is 2.45. The Balaban J connectivity index is 1.13. The van der Waals surface area contributed by atoms with Gasteiger partial charge in [-0.1, -0.05) is 56.6 Å². The quantitative estimate of drug-likeness (QED) is 0.328. The Morgan fingerprint density at radius 1 is 0.959 bits per heavy atom. The smallest absolute Gasteiger partial charge is 0.322 e. The van der Waals surface area contributed by atoms with E-state index in [1.54, 1.807) is 11.8 Å². The number of piperidine rings is 1. The molecule has 0 bridgehead atoms. The Morgan fingerprint density at radius 3 is 2.37 bits per heavy atom. The number of rotatable bonds is 8. The Morgan fingerprint density at radius 2 is 1.67 bits per heavy atom. The maximum Gasteiger partial charge on any atom is 0.322 e. The first kappa shape index (κ1) is 35.9. The number of urea groups is 1. The fraction of sp³-hybridized carbons (Fsp3) is 0.605. The van der Waals surface area contributed by atoms with Crippen molar-refractivity contribution in [3.8, 4) is 0 Å². The van der Waals surface area contributed by atoms with Crippen LogP contribution in [0, 0.1) is 5.41 Å². The molecular weight excluding hydrogens is 656 g/mol. The van der Waals surface area contributed by atoms with Crippen molar-refractivity contribution in [1.29, 1.82) is 0 Å². The molecule has 2 aromatic carbocycles. The first-order chi connectivity index (χ1) is 23.4. The third-order valence-corrected chi connectivity index (χ3v) is 12.4. The van der Waals surface area contributed by atoms with Crippen molar-refractivity contribution in [3.05, 3.63) is 58.6 Å². The largest absolute Gasteiger partial charge is 0.369 e. The molecule has 0 aromatic heterocycles. The average Bonchev–Trinajstić information content (AvgIpc) is 3.26. The number of carbonyl (C=O) groups is 3. The number of hydrogen-bond donors (Lipinski definition) is 1. The van der Waals surface area contributed by atoms with Gasteiger partial charge in [-0.25, -0.2) is 4.79 Å². The van der Waals surface area contributed by atoms with Crippen molar-refractivity contribution in [3.63, 3.8) is 0 Å². The van der Waals surface area contributed by atoms with E-state index in [2.05, 4.69) is 61.9 Å². The number of thioether (sulfide) groups is 1. The monoisotopic (exact) mass is 708 g/mol. The fourth-order valence-corrected chi connectivity index (χ4v) is 9.49. The van der Waals surface area contributed by atoms with Crippen molar-refractivity contribution in [2.45, 2.75) is 89.4 Å². The zero-order valence-corrected chi connectivity index (χ0v) is 31.4. The van der Waals surface area contributed by atoms with Crippen LogP contribution in [0.15, 0.2) is 42.5 Å². The van der Waals surface area contributed by atoms with Crippen LogP contribution in [0.5, 0.6) is 0 Å². The molecule has 4 aliphatic heterocycles. The average molecular weight is 709 g/mol. The van der Waals surface area contributed by atoms with Crippen LogP contribution in [-0.4, -0.2) is 107 Å². The number of hydrogen-bond acceptors (Lipinski definition) is 6. The second kappa shape index (κ2) is 15.1. The summed E-state index contributed by atoms with van der Waals surface area (Å²) in [4.78, 5) is 51.8. The molecule has 2 atom stereocenters. The lowest BCUT2D eigenvalue weighted by Crippen LogP contribution is -2.50. The van der Waals surface area contributed by atoms with E-state index in [0.717, 1.165) is 74.4 Å². The highest BCUT2D eigenvalue weighted by atomic mass is 35.5. The van der Waals surface area contributed by atoms with Gasteiger partial charge in [-0.15, -0.1) is 11.8 Å². The SMILES string of the molecule is CC(C)N1CCN(c2cccc(Cl)c2C2S[C@H](CC(=O)N3CCC(N4CCc5ccccc5NC4=O)CC3)C(=O)N2CCC(C)(C)C)CC1. The lowest BCUT2D eigenvalue weighted by molar-refractivity contribution is -0.137. The minimum Gasteiger partial charge on any atom is -0.369 e. The lowest BCUT2D eigenvalue weighted by Gasteiger charge is -2.40. The first-order valence-electron chi connectivity index (χ1n) is 18.1. The number of anilines is 2. The van der Waals surface area contributed by atoms with Crippen LogP contribution >= 0.6 is 23.4 Å². The molecule has 9 nitrogen and oxygen atoms in total. The molecule has 0 spiro atoms. The summed E-state index contributed by atoms with van der Waals surface area (Å²) >= 11 is 8.60. The first-order valence-corrected chi connectivity index (χ1v) is 19.4. The molecule has 1 N–H and O–H groups in total. The summed E-state index contributed by atoms with van der Waals surface area (Å²) in [5.74, 6) is 0.0384. The van der Waals surface area contributed by atoms with E-state index >= 15 is 0 Å². The van der Waals surface area contributed by atoms with Gasteiger partial charge in [0.15, 0.2) is 0 Å². The number of piperazine rings is 1. The summed E-state index contributed by atoms with van der Waals surface area (Å²) in [6.45, 7) is 17.3. The van der Waals surface area contributed by atoms with Crippen LogP contribution in [0.2, 0.25) is 5.02 Å². The van der Waals surface area contributed by atoms with Gasteiger partial charge >= 0.3 is 6.03 Å². The van der Waals surface area contributed by atoms with Gasteiger partial charge in [0.2, 0.25) is 11.8 Å². The zero-order chi connectivity index (χ0) is 34.9. The van der Waals surface area contributed by atoms with Crippen molar-refractivity contribution in [2.75, 3.05) is 62.6 Å². The van der Waals surface area contributed by atoms with Crippen LogP contribution in [0.1, 0.15) is 76.8 Å². The Labute approximate surface area is 301 Å². The highest BCUT2D eigenvalue weighted by molar-refractivity contribution is 8.01. The standard InChI is InChI=1S/C38H53ClN6O3S/c1-26(2)41-21-23-42(24-22-41)31-12-8-10-29(39)34(31)36-45(20-16-38(3,4)5)35(47)32(49-36)25-33(46)43-17-14-28(15-18-43)44-19-13-27-9-6-7-11-30(27)40-37(44)48/h6-12,26,28,32,36H,13-25H2,1-5H3,(H,40,48)/t32-,36?/m1/s1. The second-order valence-electron chi connectivity index (χ2n) is 15.5. The number of nitrogens with one attached hydrogen (secondary N) is 1. The van der Waals surface area contributed by atoms with E-state index in [0.29, 0.717) is 37.2 Å². The number of para-hydroxylation sites is 1.